The molecule has 0 aliphatic carbocycles. The predicted molar refractivity (Wildman–Crippen MR) is 79.6 cm³/mol. The smallest absolute Gasteiger partial charge is 0.187 e. The number of hydrogen-bond acceptors (Lipinski definition) is 3. The molecule has 2 N–H and O–H groups in total. The van der Waals surface area contributed by atoms with Gasteiger partial charge in [0.15, 0.2) is 5.17 Å². The number of amidine groups is 1. The van der Waals surface area contributed by atoms with Crippen LogP contribution in [0.25, 0.3) is 0 Å². The Morgan fingerprint density at radius 2 is 1.67 bits per heavy atom. The number of aliphatic imine (C=N–C) groups is 1. The number of fused-ring (bicyclic) bond motifs is 1. The highest BCUT2D eigenvalue weighted by Gasteiger charge is 2.12. The van der Waals surface area contributed by atoms with Crippen LogP contribution in [0.5, 0.6) is 0 Å². The third kappa shape index (κ3) is 2.19. The Kier molecular flexibility index (Phi) is 2.94. The Morgan fingerprint density at radius 3 is 2.50 bits per heavy atom. The van der Waals surface area contributed by atoms with Crippen LogP contribution in [-0.4, -0.2) is 5.17 Å². The van der Waals surface area contributed by atoms with Crippen LogP contribution in [0, 0.1) is 6.92 Å². The number of benzene rings is 2. The van der Waals surface area contributed by atoms with Gasteiger partial charge in [0.2, 0.25) is 0 Å². The van der Waals surface area contributed by atoms with E-state index in [9.17, 15) is 0 Å². The van der Waals surface area contributed by atoms with Crippen LogP contribution in [0.1, 0.15) is 5.56 Å². The first-order valence-electron chi connectivity index (χ1n) is 5.76. The lowest BCUT2D eigenvalue weighted by Gasteiger charge is -2.20. The number of rotatable bonds is 1. The van der Waals surface area contributed by atoms with Crippen molar-refractivity contribution in [2.24, 2.45) is 4.99 Å². The van der Waals surface area contributed by atoms with Gasteiger partial charge in [0.1, 0.15) is 0 Å². The third-order valence-electron chi connectivity index (χ3n) is 2.76. The van der Waals surface area contributed by atoms with E-state index in [0.29, 0.717) is 0 Å². The van der Waals surface area contributed by atoms with Gasteiger partial charge in [0, 0.05) is 11.9 Å². The van der Waals surface area contributed by atoms with Gasteiger partial charge < -0.3 is 10.0 Å². The lowest BCUT2D eigenvalue weighted by molar-refractivity contribution is 1.40. The molecule has 3 rings (SSSR count). The zero-order valence-corrected chi connectivity index (χ0v) is 10.8. The molecule has 1 aliphatic heterocycles. The number of anilines is 2. The van der Waals surface area contributed by atoms with Crippen LogP contribution in [-0.2, 0) is 0 Å². The lowest BCUT2D eigenvalue weighted by Crippen LogP contribution is -2.16. The van der Waals surface area contributed by atoms with Crippen LogP contribution in [0.2, 0.25) is 0 Å². The van der Waals surface area contributed by atoms with Gasteiger partial charge in [0.25, 0.3) is 0 Å². The Hall–Kier alpha value is -1.94. The summed E-state index contributed by atoms with van der Waals surface area (Å²) in [7, 11) is 0. The molecule has 0 unspecified atom stereocenters. The third-order valence-corrected chi connectivity index (χ3v) is 3.47. The Balaban J connectivity index is 1.90. The second-order valence-corrected chi connectivity index (χ2v) is 4.87. The van der Waals surface area contributed by atoms with Crippen LogP contribution in [0.15, 0.2) is 53.5 Å². The summed E-state index contributed by atoms with van der Waals surface area (Å²) in [4.78, 5) is 4.62. The SMILES string of the molecule is Cc1ccccc1N=C1Nc2ccccc2NS1. The zero-order chi connectivity index (χ0) is 12.4. The summed E-state index contributed by atoms with van der Waals surface area (Å²) >= 11 is 1.50. The van der Waals surface area contributed by atoms with E-state index in [0.717, 1.165) is 22.2 Å². The van der Waals surface area contributed by atoms with Crippen molar-refractivity contribution in [2.45, 2.75) is 6.92 Å². The van der Waals surface area contributed by atoms with Crippen LogP contribution >= 0.6 is 11.9 Å². The maximum atomic E-state index is 4.62. The normalized spacial score (nSPS) is 15.7. The molecule has 0 saturated heterocycles. The first-order valence-corrected chi connectivity index (χ1v) is 6.58. The quantitative estimate of drug-likeness (QED) is 0.751. The zero-order valence-electron chi connectivity index (χ0n) is 9.97. The molecule has 90 valence electrons. The van der Waals surface area contributed by atoms with Gasteiger partial charge in [-0.3, -0.25) is 0 Å². The minimum Gasteiger partial charge on any atom is -0.332 e. The van der Waals surface area contributed by atoms with Gasteiger partial charge in [-0.15, -0.1) is 0 Å². The molecule has 0 fully saturated rings. The van der Waals surface area contributed by atoms with Gasteiger partial charge in [0.05, 0.1) is 17.1 Å². The van der Waals surface area contributed by atoms with Crippen LogP contribution in [0.4, 0.5) is 17.1 Å². The maximum Gasteiger partial charge on any atom is 0.187 e. The number of para-hydroxylation sites is 3. The second-order valence-electron chi connectivity index (χ2n) is 4.08. The highest BCUT2D eigenvalue weighted by molar-refractivity contribution is 8.15. The summed E-state index contributed by atoms with van der Waals surface area (Å²) in [5.74, 6) is 0. The van der Waals surface area contributed by atoms with Gasteiger partial charge >= 0.3 is 0 Å². The summed E-state index contributed by atoms with van der Waals surface area (Å²) in [6.07, 6.45) is 0. The highest BCUT2D eigenvalue weighted by Crippen LogP contribution is 2.31. The molecule has 0 saturated carbocycles. The van der Waals surface area contributed by atoms with Crippen LogP contribution in [0.3, 0.4) is 0 Å². The van der Waals surface area contributed by atoms with Crippen molar-refractivity contribution in [2.75, 3.05) is 10.0 Å². The molecule has 0 radical (unpaired) electrons. The molecule has 0 aromatic heterocycles. The van der Waals surface area contributed by atoms with Crippen molar-refractivity contribution in [3.05, 3.63) is 54.1 Å². The van der Waals surface area contributed by atoms with E-state index in [2.05, 4.69) is 28.0 Å². The number of aryl methyl sites for hydroxylation is 1. The van der Waals surface area contributed by atoms with Gasteiger partial charge in [-0.05, 0) is 30.7 Å². The van der Waals surface area contributed by atoms with Crippen molar-refractivity contribution in [1.82, 2.24) is 0 Å². The van der Waals surface area contributed by atoms with Crippen molar-refractivity contribution < 1.29 is 0 Å². The highest BCUT2D eigenvalue weighted by atomic mass is 32.2. The topological polar surface area (TPSA) is 36.4 Å². The molecule has 3 nitrogen and oxygen atoms in total. The van der Waals surface area contributed by atoms with E-state index in [4.69, 9.17) is 0 Å². The van der Waals surface area contributed by atoms with Crippen LogP contribution < -0.4 is 10.0 Å². The maximum absolute atomic E-state index is 4.62. The molecule has 4 heteroatoms. The fraction of sp³-hybridized carbons (Fsp3) is 0.0714. The molecule has 2 aromatic carbocycles. The molecule has 0 atom stereocenters. The molecule has 1 aliphatic rings. The first-order chi connectivity index (χ1) is 8.83. The molecular weight excluding hydrogens is 242 g/mol. The molecule has 0 amide bonds. The first kappa shape index (κ1) is 11.2. The van der Waals surface area contributed by atoms with Crippen molar-refractivity contribution in [3.63, 3.8) is 0 Å². The molecule has 0 spiro atoms. The molecule has 1 heterocycles. The second kappa shape index (κ2) is 4.74. The van der Waals surface area contributed by atoms with E-state index < -0.39 is 0 Å². The van der Waals surface area contributed by atoms with E-state index >= 15 is 0 Å². The van der Waals surface area contributed by atoms with Crippen molar-refractivity contribution in [1.29, 1.82) is 0 Å². The number of nitrogens with one attached hydrogen (secondary N) is 2. The van der Waals surface area contributed by atoms with Gasteiger partial charge in [-0.2, -0.15) is 0 Å². The summed E-state index contributed by atoms with van der Waals surface area (Å²) in [6.45, 7) is 2.06. The van der Waals surface area contributed by atoms with E-state index in [1.165, 1.54) is 17.5 Å². The summed E-state index contributed by atoms with van der Waals surface area (Å²) in [5.41, 5.74) is 4.31. The Labute approximate surface area is 110 Å². The average Bonchev–Trinajstić information content (AvgIpc) is 2.41. The number of hydrogen-bond donors (Lipinski definition) is 2. The predicted octanol–water partition coefficient (Wildman–Crippen LogP) is 4.17. The summed E-state index contributed by atoms with van der Waals surface area (Å²) in [5, 5.41) is 4.19. The fourth-order valence-corrected chi connectivity index (χ4v) is 2.46. The van der Waals surface area contributed by atoms with Crippen molar-refractivity contribution >= 4 is 34.2 Å². The number of nitrogens with zero attached hydrogens (tertiary/aromatic N) is 1. The molecular formula is C14H13N3S. The van der Waals surface area contributed by atoms with Gasteiger partial charge in [-0.1, -0.05) is 30.3 Å². The van der Waals surface area contributed by atoms with E-state index in [1.54, 1.807) is 0 Å². The average molecular weight is 255 g/mol. The summed E-state index contributed by atoms with van der Waals surface area (Å²) in [6, 6.07) is 16.2. The minimum atomic E-state index is 0.864. The summed E-state index contributed by atoms with van der Waals surface area (Å²) < 4.78 is 3.28. The van der Waals surface area contributed by atoms with E-state index in [-0.39, 0.29) is 0 Å². The largest absolute Gasteiger partial charge is 0.332 e. The van der Waals surface area contributed by atoms with Crippen molar-refractivity contribution in [3.8, 4) is 0 Å². The molecule has 0 bridgehead atoms. The monoisotopic (exact) mass is 255 g/mol. The van der Waals surface area contributed by atoms with Gasteiger partial charge in [-0.25, -0.2) is 4.99 Å². The minimum absolute atomic E-state index is 0.864. The Bertz CT molecular complexity index is 607. The standard InChI is InChI=1S/C14H13N3S/c1-10-6-2-3-7-11(10)15-14-16-12-8-4-5-9-13(12)17-18-14/h2-9,17H,1H3,(H,15,16). The Morgan fingerprint density at radius 1 is 0.944 bits per heavy atom. The lowest BCUT2D eigenvalue weighted by atomic mass is 10.2. The van der Waals surface area contributed by atoms with E-state index in [1.807, 2.05) is 42.5 Å². The molecule has 2 aromatic rings. The fourth-order valence-electron chi connectivity index (χ4n) is 1.77. The molecule has 18 heavy (non-hydrogen) atoms.